The largest absolute Gasteiger partial charge is 0.378 e. The van der Waals surface area contributed by atoms with Crippen LogP contribution in [-0.2, 0) is 4.74 Å². The van der Waals surface area contributed by atoms with Gasteiger partial charge in [-0.2, -0.15) is 0 Å². The molecule has 2 unspecified atom stereocenters. The molecule has 1 saturated heterocycles. The Hall–Kier alpha value is -0.530. The molecule has 2 atom stereocenters. The number of rotatable bonds is 3. The summed E-state index contributed by atoms with van der Waals surface area (Å²) in [6.45, 7) is 5.14. The van der Waals surface area contributed by atoms with Crippen molar-refractivity contribution in [2.45, 2.75) is 44.6 Å². The van der Waals surface area contributed by atoms with Gasteiger partial charge in [-0.1, -0.05) is 23.8 Å². The van der Waals surface area contributed by atoms with E-state index < -0.39 is 0 Å². The van der Waals surface area contributed by atoms with E-state index >= 15 is 0 Å². The second-order valence-electron chi connectivity index (χ2n) is 4.70. The Balaban J connectivity index is 2.07. The van der Waals surface area contributed by atoms with E-state index in [0.29, 0.717) is 6.10 Å². The monoisotopic (exact) mass is 238 g/mol. The number of benzene rings is 1. The Labute approximate surface area is 103 Å². The summed E-state index contributed by atoms with van der Waals surface area (Å²) >= 11 is 6.48. The molecule has 0 aliphatic carbocycles. The number of halogens is 1. The summed E-state index contributed by atoms with van der Waals surface area (Å²) in [7, 11) is 0. The quantitative estimate of drug-likeness (QED) is 0.719. The molecule has 0 radical (unpaired) electrons. The Morgan fingerprint density at radius 3 is 2.94 bits per heavy atom. The summed E-state index contributed by atoms with van der Waals surface area (Å²) < 4.78 is 5.63. The Kier molecular flexibility index (Phi) is 3.88. The van der Waals surface area contributed by atoms with Crippen LogP contribution in [-0.4, -0.2) is 12.7 Å². The van der Waals surface area contributed by atoms with Crippen LogP contribution in [0.5, 0.6) is 0 Å². The van der Waals surface area contributed by atoms with E-state index in [1.165, 1.54) is 23.1 Å². The first kappa shape index (κ1) is 11.9. The standard InChI is InChI=1S/C14H19ClO/c1-10-5-6-11(2)13(8-10)14(15)9-12-4-3-7-16-12/h5-6,8,12,14H,3-4,7,9H2,1-2H3. The van der Waals surface area contributed by atoms with Crippen molar-refractivity contribution in [3.63, 3.8) is 0 Å². The van der Waals surface area contributed by atoms with E-state index in [-0.39, 0.29) is 5.38 Å². The number of ether oxygens (including phenoxy) is 1. The average Bonchev–Trinajstić information content (AvgIpc) is 2.74. The molecule has 0 spiro atoms. The highest BCUT2D eigenvalue weighted by atomic mass is 35.5. The average molecular weight is 239 g/mol. The molecule has 1 aromatic carbocycles. The van der Waals surface area contributed by atoms with Gasteiger partial charge in [0, 0.05) is 6.61 Å². The maximum Gasteiger partial charge on any atom is 0.0612 e. The predicted octanol–water partition coefficient (Wildman–Crippen LogP) is 4.15. The molecular weight excluding hydrogens is 220 g/mol. The van der Waals surface area contributed by atoms with Gasteiger partial charge in [0.2, 0.25) is 0 Å². The van der Waals surface area contributed by atoms with Crippen LogP contribution in [0.3, 0.4) is 0 Å². The molecule has 0 N–H and O–H groups in total. The minimum atomic E-state index is 0.0861. The van der Waals surface area contributed by atoms with Gasteiger partial charge in [0.25, 0.3) is 0 Å². The normalized spacial score (nSPS) is 22.3. The van der Waals surface area contributed by atoms with Gasteiger partial charge in [-0.05, 0) is 44.2 Å². The van der Waals surface area contributed by atoms with Crippen LogP contribution in [0.2, 0.25) is 0 Å². The maximum atomic E-state index is 6.48. The first-order valence-electron chi connectivity index (χ1n) is 5.99. The smallest absolute Gasteiger partial charge is 0.0612 e. The lowest BCUT2D eigenvalue weighted by Crippen LogP contribution is -2.09. The molecule has 1 nitrogen and oxygen atoms in total. The zero-order chi connectivity index (χ0) is 11.5. The van der Waals surface area contributed by atoms with Crippen LogP contribution in [0, 0.1) is 13.8 Å². The topological polar surface area (TPSA) is 9.23 Å². The third-order valence-electron chi connectivity index (χ3n) is 3.27. The van der Waals surface area contributed by atoms with Gasteiger partial charge in [0.15, 0.2) is 0 Å². The first-order chi connectivity index (χ1) is 7.66. The van der Waals surface area contributed by atoms with E-state index in [1.54, 1.807) is 0 Å². The van der Waals surface area contributed by atoms with Crippen molar-refractivity contribution in [1.29, 1.82) is 0 Å². The number of alkyl halides is 1. The van der Waals surface area contributed by atoms with Gasteiger partial charge in [0.05, 0.1) is 11.5 Å². The van der Waals surface area contributed by atoms with E-state index in [2.05, 4.69) is 32.0 Å². The fourth-order valence-corrected chi connectivity index (χ4v) is 2.72. The highest BCUT2D eigenvalue weighted by molar-refractivity contribution is 6.20. The lowest BCUT2D eigenvalue weighted by molar-refractivity contribution is 0.103. The molecular formula is C14H19ClO. The van der Waals surface area contributed by atoms with Crippen LogP contribution in [0.4, 0.5) is 0 Å². The molecule has 2 rings (SSSR count). The van der Waals surface area contributed by atoms with Gasteiger partial charge >= 0.3 is 0 Å². The Morgan fingerprint density at radius 1 is 1.44 bits per heavy atom. The van der Waals surface area contributed by atoms with E-state index in [9.17, 15) is 0 Å². The minimum absolute atomic E-state index is 0.0861. The van der Waals surface area contributed by atoms with E-state index in [4.69, 9.17) is 16.3 Å². The lowest BCUT2D eigenvalue weighted by Gasteiger charge is -2.17. The Bertz CT molecular complexity index is 356. The van der Waals surface area contributed by atoms with Crippen molar-refractivity contribution in [2.24, 2.45) is 0 Å². The molecule has 2 heteroatoms. The molecule has 0 aromatic heterocycles. The predicted molar refractivity (Wildman–Crippen MR) is 68.1 cm³/mol. The molecule has 1 aliphatic rings. The maximum absolute atomic E-state index is 6.48. The molecule has 1 aliphatic heterocycles. The first-order valence-corrected chi connectivity index (χ1v) is 6.43. The lowest BCUT2D eigenvalue weighted by atomic mass is 9.98. The van der Waals surface area contributed by atoms with Gasteiger partial charge in [-0.15, -0.1) is 11.6 Å². The van der Waals surface area contributed by atoms with Crippen molar-refractivity contribution in [3.05, 3.63) is 34.9 Å². The van der Waals surface area contributed by atoms with Crippen molar-refractivity contribution >= 4 is 11.6 Å². The van der Waals surface area contributed by atoms with Crippen molar-refractivity contribution in [1.82, 2.24) is 0 Å². The molecule has 1 heterocycles. The summed E-state index contributed by atoms with van der Waals surface area (Å²) in [5.74, 6) is 0. The molecule has 0 saturated carbocycles. The zero-order valence-corrected chi connectivity index (χ0v) is 10.8. The molecule has 16 heavy (non-hydrogen) atoms. The molecule has 1 fully saturated rings. The second kappa shape index (κ2) is 5.20. The van der Waals surface area contributed by atoms with Gasteiger partial charge < -0.3 is 4.74 Å². The zero-order valence-electron chi connectivity index (χ0n) is 10.0. The van der Waals surface area contributed by atoms with Crippen molar-refractivity contribution < 1.29 is 4.74 Å². The summed E-state index contributed by atoms with van der Waals surface area (Å²) in [4.78, 5) is 0. The number of hydrogen-bond donors (Lipinski definition) is 0. The number of aryl methyl sites for hydroxylation is 2. The third kappa shape index (κ3) is 2.78. The van der Waals surface area contributed by atoms with Crippen molar-refractivity contribution in [2.75, 3.05) is 6.61 Å². The summed E-state index contributed by atoms with van der Waals surface area (Å²) in [6, 6.07) is 6.48. The fourth-order valence-electron chi connectivity index (χ4n) is 2.29. The summed E-state index contributed by atoms with van der Waals surface area (Å²) in [6.07, 6.45) is 3.64. The highest BCUT2D eigenvalue weighted by Crippen LogP contribution is 2.32. The molecule has 0 amide bonds. The van der Waals surface area contributed by atoms with Crippen LogP contribution in [0.25, 0.3) is 0 Å². The SMILES string of the molecule is Cc1ccc(C)c(C(Cl)CC2CCCO2)c1. The summed E-state index contributed by atoms with van der Waals surface area (Å²) in [5.41, 5.74) is 3.82. The van der Waals surface area contributed by atoms with E-state index in [1.807, 2.05) is 0 Å². The third-order valence-corrected chi connectivity index (χ3v) is 3.68. The summed E-state index contributed by atoms with van der Waals surface area (Å²) in [5, 5.41) is 0.0861. The van der Waals surface area contributed by atoms with Crippen LogP contribution < -0.4 is 0 Å². The second-order valence-corrected chi connectivity index (χ2v) is 5.23. The van der Waals surface area contributed by atoms with Crippen molar-refractivity contribution in [3.8, 4) is 0 Å². The van der Waals surface area contributed by atoms with Crippen LogP contribution in [0.1, 0.15) is 41.3 Å². The van der Waals surface area contributed by atoms with Crippen LogP contribution >= 0.6 is 11.6 Å². The number of hydrogen-bond acceptors (Lipinski definition) is 1. The van der Waals surface area contributed by atoms with Gasteiger partial charge in [-0.25, -0.2) is 0 Å². The Morgan fingerprint density at radius 2 is 2.25 bits per heavy atom. The van der Waals surface area contributed by atoms with Gasteiger partial charge in [0.1, 0.15) is 0 Å². The molecule has 0 bridgehead atoms. The fraction of sp³-hybridized carbons (Fsp3) is 0.571. The van der Waals surface area contributed by atoms with Gasteiger partial charge in [-0.3, -0.25) is 0 Å². The molecule has 88 valence electrons. The van der Waals surface area contributed by atoms with E-state index in [0.717, 1.165) is 19.4 Å². The highest BCUT2D eigenvalue weighted by Gasteiger charge is 2.21. The minimum Gasteiger partial charge on any atom is -0.378 e. The molecule has 1 aromatic rings. The van der Waals surface area contributed by atoms with Crippen LogP contribution in [0.15, 0.2) is 18.2 Å².